The average Bonchev–Trinajstić information content (AvgIpc) is 2.36. The van der Waals surface area contributed by atoms with E-state index in [0.717, 1.165) is 18.4 Å². The molecule has 1 aromatic rings. The van der Waals surface area contributed by atoms with Crippen LogP contribution >= 0.6 is 0 Å². The molecule has 0 aromatic heterocycles. The lowest BCUT2D eigenvalue weighted by Gasteiger charge is -2.34. The van der Waals surface area contributed by atoms with E-state index in [4.69, 9.17) is 4.74 Å². The van der Waals surface area contributed by atoms with Crippen LogP contribution in [-0.2, 0) is 16.1 Å². The third-order valence-corrected chi connectivity index (χ3v) is 3.47. The zero-order valence-electron chi connectivity index (χ0n) is 11.5. The third kappa shape index (κ3) is 4.44. The fourth-order valence-electron chi connectivity index (χ4n) is 2.15. The molecule has 0 spiro atoms. The standard InChI is InChI=1S/C14H17F3N2O2/c1-21-12-6-11(7-12)18-8-9-3-2-4-10(5-9)19-13(20)14(15,16)17/h2-5,11-12,18H,6-8H2,1H3,(H,19,20). The summed E-state index contributed by atoms with van der Waals surface area (Å²) < 4.78 is 41.7. The predicted molar refractivity (Wildman–Crippen MR) is 71.8 cm³/mol. The molecule has 0 saturated heterocycles. The zero-order valence-corrected chi connectivity index (χ0v) is 11.5. The van der Waals surface area contributed by atoms with Gasteiger partial charge in [0.2, 0.25) is 0 Å². The maximum absolute atomic E-state index is 12.2. The van der Waals surface area contributed by atoms with Crippen molar-refractivity contribution in [1.29, 1.82) is 0 Å². The molecule has 21 heavy (non-hydrogen) atoms. The molecule has 1 aromatic carbocycles. The van der Waals surface area contributed by atoms with E-state index >= 15 is 0 Å². The Morgan fingerprint density at radius 3 is 2.71 bits per heavy atom. The lowest BCUT2D eigenvalue weighted by molar-refractivity contribution is -0.167. The number of carbonyl (C=O) groups is 1. The number of carbonyl (C=O) groups excluding carboxylic acids is 1. The number of halogens is 3. The summed E-state index contributed by atoms with van der Waals surface area (Å²) in [6, 6.07) is 6.73. The van der Waals surface area contributed by atoms with Crippen LogP contribution in [0.1, 0.15) is 18.4 Å². The van der Waals surface area contributed by atoms with Gasteiger partial charge in [0.15, 0.2) is 0 Å². The monoisotopic (exact) mass is 302 g/mol. The highest BCUT2D eigenvalue weighted by Gasteiger charge is 2.38. The molecule has 2 N–H and O–H groups in total. The first-order valence-corrected chi connectivity index (χ1v) is 6.62. The highest BCUT2D eigenvalue weighted by atomic mass is 19.4. The maximum Gasteiger partial charge on any atom is 0.471 e. The molecule has 0 atom stereocenters. The van der Waals surface area contributed by atoms with Crippen molar-refractivity contribution < 1.29 is 22.7 Å². The Labute approximate surface area is 120 Å². The lowest BCUT2D eigenvalue weighted by Crippen LogP contribution is -2.44. The van der Waals surface area contributed by atoms with Gasteiger partial charge in [-0.3, -0.25) is 4.79 Å². The maximum atomic E-state index is 12.2. The Bertz CT molecular complexity index is 499. The fraction of sp³-hybridized carbons (Fsp3) is 0.500. The molecule has 0 bridgehead atoms. The number of ether oxygens (including phenoxy) is 1. The molecule has 0 heterocycles. The lowest BCUT2D eigenvalue weighted by atomic mass is 9.89. The number of amides is 1. The minimum Gasteiger partial charge on any atom is -0.381 e. The summed E-state index contributed by atoms with van der Waals surface area (Å²) in [5.41, 5.74) is 0.954. The molecule has 0 radical (unpaired) electrons. The Kier molecular flexibility index (Phi) is 4.84. The van der Waals surface area contributed by atoms with Crippen molar-refractivity contribution in [2.24, 2.45) is 0 Å². The Morgan fingerprint density at radius 1 is 1.38 bits per heavy atom. The zero-order chi connectivity index (χ0) is 15.5. The van der Waals surface area contributed by atoms with Crippen LogP contribution < -0.4 is 10.6 Å². The first kappa shape index (κ1) is 15.8. The van der Waals surface area contributed by atoms with Crippen LogP contribution in [0.5, 0.6) is 0 Å². The summed E-state index contributed by atoms with van der Waals surface area (Å²) in [7, 11) is 1.67. The molecule has 7 heteroatoms. The van der Waals surface area contributed by atoms with Crippen LogP contribution in [0.2, 0.25) is 0 Å². The summed E-state index contributed by atoms with van der Waals surface area (Å²) in [5.74, 6) is -1.96. The summed E-state index contributed by atoms with van der Waals surface area (Å²) in [4.78, 5) is 10.9. The fourth-order valence-corrected chi connectivity index (χ4v) is 2.15. The van der Waals surface area contributed by atoms with Gasteiger partial charge in [-0.25, -0.2) is 0 Å². The molecular weight excluding hydrogens is 285 g/mol. The molecule has 4 nitrogen and oxygen atoms in total. The van der Waals surface area contributed by atoms with Crippen molar-refractivity contribution in [3.63, 3.8) is 0 Å². The second-order valence-corrected chi connectivity index (χ2v) is 5.06. The summed E-state index contributed by atoms with van der Waals surface area (Å²) >= 11 is 0. The van der Waals surface area contributed by atoms with E-state index in [2.05, 4.69) is 5.32 Å². The molecule has 116 valence electrons. The van der Waals surface area contributed by atoms with Gasteiger partial charge in [0, 0.05) is 25.4 Å². The van der Waals surface area contributed by atoms with E-state index in [9.17, 15) is 18.0 Å². The van der Waals surface area contributed by atoms with Crippen LogP contribution in [0.15, 0.2) is 24.3 Å². The third-order valence-electron chi connectivity index (χ3n) is 3.47. The number of hydrogen-bond donors (Lipinski definition) is 2. The predicted octanol–water partition coefficient (Wildman–Crippen LogP) is 2.45. The van der Waals surface area contributed by atoms with Crippen LogP contribution in [0.3, 0.4) is 0 Å². The molecule has 1 saturated carbocycles. The number of anilines is 1. The first-order valence-electron chi connectivity index (χ1n) is 6.62. The number of benzene rings is 1. The van der Waals surface area contributed by atoms with Crippen molar-refractivity contribution >= 4 is 11.6 Å². The van der Waals surface area contributed by atoms with E-state index in [-0.39, 0.29) is 5.69 Å². The number of methoxy groups -OCH3 is 1. The van der Waals surface area contributed by atoms with Crippen LogP contribution in [0, 0.1) is 0 Å². The van der Waals surface area contributed by atoms with Gasteiger partial charge in [0.25, 0.3) is 0 Å². The topological polar surface area (TPSA) is 50.4 Å². The first-order chi connectivity index (χ1) is 9.88. The number of hydrogen-bond acceptors (Lipinski definition) is 3. The second kappa shape index (κ2) is 6.44. The minimum absolute atomic E-state index is 0.139. The van der Waals surface area contributed by atoms with Crippen LogP contribution in [0.4, 0.5) is 18.9 Å². The molecule has 0 aliphatic heterocycles. The summed E-state index contributed by atoms with van der Waals surface area (Å²) in [5, 5.41) is 5.14. The molecule has 1 fully saturated rings. The quantitative estimate of drug-likeness (QED) is 0.878. The summed E-state index contributed by atoms with van der Waals surface area (Å²) in [6.07, 6.45) is -2.72. The number of rotatable bonds is 5. The van der Waals surface area contributed by atoms with Gasteiger partial charge in [-0.15, -0.1) is 0 Å². The summed E-state index contributed by atoms with van der Waals surface area (Å²) in [6.45, 7) is 0.539. The highest BCUT2D eigenvalue weighted by molar-refractivity contribution is 5.94. The van der Waals surface area contributed by atoms with E-state index in [1.807, 2.05) is 5.32 Å². The van der Waals surface area contributed by atoms with Crippen LogP contribution in [-0.4, -0.2) is 31.3 Å². The molecule has 0 unspecified atom stereocenters. The van der Waals surface area contributed by atoms with Gasteiger partial charge >= 0.3 is 12.1 Å². The van der Waals surface area contributed by atoms with E-state index in [1.165, 1.54) is 12.1 Å². The Balaban J connectivity index is 1.85. The van der Waals surface area contributed by atoms with Crippen molar-refractivity contribution in [3.8, 4) is 0 Å². The Hall–Kier alpha value is -1.60. The van der Waals surface area contributed by atoms with Gasteiger partial charge in [-0.05, 0) is 30.5 Å². The van der Waals surface area contributed by atoms with E-state index < -0.39 is 12.1 Å². The van der Waals surface area contributed by atoms with Crippen molar-refractivity contribution in [1.82, 2.24) is 5.32 Å². The van der Waals surface area contributed by atoms with Gasteiger partial charge in [-0.1, -0.05) is 12.1 Å². The van der Waals surface area contributed by atoms with Crippen molar-refractivity contribution in [3.05, 3.63) is 29.8 Å². The van der Waals surface area contributed by atoms with Gasteiger partial charge in [-0.2, -0.15) is 13.2 Å². The second-order valence-electron chi connectivity index (χ2n) is 5.06. The minimum atomic E-state index is -4.88. The van der Waals surface area contributed by atoms with Crippen LogP contribution in [0.25, 0.3) is 0 Å². The molecule has 1 aliphatic carbocycles. The molecular formula is C14H17F3N2O2. The largest absolute Gasteiger partial charge is 0.471 e. The number of alkyl halides is 3. The normalized spacial score (nSPS) is 21.7. The highest BCUT2D eigenvalue weighted by Crippen LogP contribution is 2.23. The van der Waals surface area contributed by atoms with Gasteiger partial charge in [0.1, 0.15) is 0 Å². The SMILES string of the molecule is COC1CC(NCc2cccc(NC(=O)C(F)(F)F)c2)C1. The van der Waals surface area contributed by atoms with Crippen molar-refractivity contribution in [2.45, 2.75) is 37.7 Å². The van der Waals surface area contributed by atoms with Crippen molar-refractivity contribution in [2.75, 3.05) is 12.4 Å². The van der Waals surface area contributed by atoms with E-state index in [0.29, 0.717) is 18.7 Å². The molecule has 1 amide bonds. The smallest absolute Gasteiger partial charge is 0.381 e. The van der Waals surface area contributed by atoms with Gasteiger partial charge < -0.3 is 15.4 Å². The molecule has 2 rings (SSSR count). The average molecular weight is 302 g/mol. The molecule has 1 aliphatic rings. The van der Waals surface area contributed by atoms with Gasteiger partial charge in [0.05, 0.1) is 6.10 Å². The Morgan fingerprint density at radius 2 is 2.10 bits per heavy atom. The number of nitrogens with one attached hydrogen (secondary N) is 2. The van der Waals surface area contributed by atoms with E-state index in [1.54, 1.807) is 19.2 Å².